The quantitative estimate of drug-likeness (QED) is 0.370. The SMILES string of the molecule is O=[N+]([O-])c1ccc2c(c1)[C@H](O)[C@@](Br)([N+](=O)[O-])[C@H](c1ccccc1)O2. The lowest BCUT2D eigenvalue weighted by molar-refractivity contribution is -0.563. The molecule has 3 atom stereocenters. The van der Waals surface area contributed by atoms with Gasteiger partial charge in [-0.1, -0.05) is 30.3 Å². The maximum atomic E-state index is 11.7. The fraction of sp³-hybridized carbons (Fsp3) is 0.200. The molecule has 124 valence electrons. The maximum absolute atomic E-state index is 11.7. The van der Waals surface area contributed by atoms with Gasteiger partial charge in [0.1, 0.15) is 5.75 Å². The van der Waals surface area contributed by atoms with Gasteiger partial charge in [0, 0.05) is 44.1 Å². The number of alkyl halides is 1. The van der Waals surface area contributed by atoms with Gasteiger partial charge in [0.15, 0.2) is 6.10 Å². The Balaban J connectivity index is 2.17. The van der Waals surface area contributed by atoms with Crippen molar-refractivity contribution in [2.75, 3.05) is 0 Å². The highest BCUT2D eigenvalue weighted by Crippen LogP contribution is 2.53. The zero-order valence-electron chi connectivity index (χ0n) is 12.0. The van der Waals surface area contributed by atoms with Crippen molar-refractivity contribution in [3.63, 3.8) is 0 Å². The summed E-state index contributed by atoms with van der Waals surface area (Å²) in [5.74, 6) is 0.166. The summed E-state index contributed by atoms with van der Waals surface area (Å²) in [4.78, 5) is 21.3. The first kappa shape index (κ1) is 16.3. The highest BCUT2D eigenvalue weighted by molar-refractivity contribution is 9.10. The zero-order chi connectivity index (χ0) is 17.5. The van der Waals surface area contributed by atoms with Gasteiger partial charge < -0.3 is 9.84 Å². The van der Waals surface area contributed by atoms with Crippen molar-refractivity contribution in [3.05, 3.63) is 79.9 Å². The van der Waals surface area contributed by atoms with Crippen molar-refractivity contribution >= 4 is 21.6 Å². The van der Waals surface area contributed by atoms with E-state index in [2.05, 4.69) is 15.9 Å². The van der Waals surface area contributed by atoms with Gasteiger partial charge in [0.2, 0.25) is 6.10 Å². The molecule has 0 bridgehead atoms. The number of aliphatic hydroxyl groups excluding tert-OH is 1. The van der Waals surface area contributed by atoms with Gasteiger partial charge in [0.05, 0.1) is 4.92 Å². The second kappa shape index (κ2) is 5.84. The number of nitro benzene ring substituents is 1. The normalized spacial score (nSPS) is 25.4. The molecule has 1 heterocycles. The third-order valence-electron chi connectivity index (χ3n) is 3.88. The molecule has 1 aliphatic rings. The first-order chi connectivity index (χ1) is 11.4. The van der Waals surface area contributed by atoms with E-state index in [0.29, 0.717) is 5.56 Å². The van der Waals surface area contributed by atoms with Crippen LogP contribution in [-0.4, -0.2) is 19.4 Å². The van der Waals surface area contributed by atoms with Crippen molar-refractivity contribution in [1.82, 2.24) is 0 Å². The summed E-state index contributed by atoms with van der Waals surface area (Å²) in [6, 6.07) is 12.1. The molecule has 0 aliphatic carbocycles. The molecule has 2 aromatic rings. The van der Waals surface area contributed by atoms with Gasteiger partial charge in [-0.25, -0.2) is 0 Å². The molecule has 0 saturated heterocycles. The van der Waals surface area contributed by atoms with Crippen molar-refractivity contribution in [2.45, 2.75) is 16.7 Å². The molecule has 8 nitrogen and oxygen atoms in total. The van der Waals surface area contributed by atoms with Crippen LogP contribution in [0.1, 0.15) is 23.3 Å². The minimum atomic E-state index is -2.07. The molecule has 0 amide bonds. The highest BCUT2D eigenvalue weighted by Gasteiger charge is 2.61. The molecule has 9 heteroatoms. The van der Waals surface area contributed by atoms with E-state index in [1.54, 1.807) is 30.3 Å². The Morgan fingerprint density at radius 2 is 1.79 bits per heavy atom. The van der Waals surface area contributed by atoms with E-state index in [1.807, 2.05) is 0 Å². The Morgan fingerprint density at radius 3 is 2.38 bits per heavy atom. The molecule has 0 radical (unpaired) electrons. The van der Waals surface area contributed by atoms with Gasteiger partial charge in [0.25, 0.3) is 5.69 Å². The fourth-order valence-corrected chi connectivity index (χ4v) is 3.27. The van der Waals surface area contributed by atoms with Gasteiger partial charge in [-0.3, -0.25) is 20.2 Å². The number of rotatable bonds is 3. The van der Waals surface area contributed by atoms with Gasteiger partial charge in [-0.05, 0) is 6.07 Å². The third-order valence-corrected chi connectivity index (χ3v) is 5.02. The van der Waals surface area contributed by atoms with Crippen LogP contribution in [0, 0.1) is 20.2 Å². The molecular formula is C15H11BrN2O6. The topological polar surface area (TPSA) is 116 Å². The molecule has 0 unspecified atom stereocenters. The third kappa shape index (κ3) is 2.42. The molecular weight excluding hydrogens is 384 g/mol. The lowest BCUT2D eigenvalue weighted by Crippen LogP contribution is -2.48. The Kier molecular flexibility index (Phi) is 3.98. The van der Waals surface area contributed by atoms with E-state index in [-0.39, 0.29) is 17.0 Å². The van der Waals surface area contributed by atoms with Crippen molar-refractivity contribution in [3.8, 4) is 5.75 Å². The molecule has 0 saturated carbocycles. The van der Waals surface area contributed by atoms with Crippen LogP contribution in [0.4, 0.5) is 5.69 Å². The molecule has 1 N–H and O–H groups in total. The van der Waals surface area contributed by atoms with Crippen LogP contribution in [0.2, 0.25) is 0 Å². The largest absolute Gasteiger partial charge is 0.477 e. The smallest absolute Gasteiger partial charge is 0.344 e. The monoisotopic (exact) mass is 394 g/mol. The van der Waals surface area contributed by atoms with Gasteiger partial charge >= 0.3 is 4.45 Å². The van der Waals surface area contributed by atoms with E-state index in [9.17, 15) is 25.3 Å². The summed E-state index contributed by atoms with van der Waals surface area (Å²) in [6.07, 6.45) is -2.75. The van der Waals surface area contributed by atoms with Gasteiger partial charge in [-0.2, -0.15) is 0 Å². The number of fused-ring (bicyclic) bond motifs is 1. The molecule has 3 rings (SSSR count). The summed E-state index contributed by atoms with van der Waals surface area (Å²) < 4.78 is 3.66. The van der Waals surface area contributed by atoms with Crippen LogP contribution in [0.15, 0.2) is 48.5 Å². The molecule has 2 aromatic carbocycles. The summed E-state index contributed by atoms with van der Waals surface area (Å²) in [7, 11) is 0. The van der Waals surface area contributed by atoms with Crippen LogP contribution in [0.25, 0.3) is 0 Å². The first-order valence-corrected chi connectivity index (χ1v) is 7.66. The fourth-order valence-electron chi connectivity index (χ4n) is 2.67. The second-order valence-corrected chi connectivity index (χ2v) is 6.55. The minimum absolute atomic E-state index is 0.00930. The van der Waals surface area contributed by atoms with E-state index >= 15 is 0 Å². The lowest BCUT2D eigenvalue weighted by Gasteiger charge is -2.37. The summed E-state index contributed by atoms with van der Waals surface area (Å²) in [6.45, 7) is 0. The van der Waals surface area contributed by atoms with Crippen LogP contribution in [0.5, 0.6) is 5.75 Å². The standard InChI is InChI=1S/C15H11BrN2O6/c16-15(18(22)23)13(19)11-8-10(17(20)21)6-7-12(11)24-14(15)9-4-2-1-3-5-9/h1-8,13-14,19H/t13-,14-,15+/m0/s1. The van der Waals surface area contributed by atoms with Crippen molar-refractivity contribution in [2.24, 2.45) is 0 Å². The first-order valence-electron chi connectivity index (χ1n) is 6.87. The number of aliphatic hydroxyl groups is 1. The number of non-ortho nitro benzene ring substituents is 1. The predicted molar refractivity (Wildman–Crippen MR) is 86.5 cm³/mol. The average Bonchev–Trinajstić information content (AvgIpc) is 2.58. The molecule has 0 fully saturated rings. The number of nitro groups is 2. The number of nitrogens with zero attached hydrogens (tertiary/aromatic N) is 2. The summed E-state index contributed by atoms with van der Waals surface area (Å²) in [5, 5.41) is 33.2. The van der Waals surface area contributed by atoms with Crippen LogP contribution in [-0.2, 0) is 0 Å². The highest BCUT2D eigenvalue weighted by atomic mass is 79.9. The van der Waals surface area contributed by atoms with E-state index < -0.39 is 26.5 Å². The number of benzene rings is 2. The van der Waals surface area contributed by atoms with Crippen LogP contribution < -0.4 is 4.74 Å². The molecule has 24 heavy (non-hydrogen) atoms. The molecule has 0 aromatic heterocycles. The Bertz CT molecular complexity index is 815. The average molecular weight is 395 g/mol. The Morgan fingerprint density at radius 1 is 1.12 bits per heavy atom. The van der Waals surface area contributed by atoms with Crippen molar-refractivity contribution in [1.29, 1.82) is 0 Å². The van der Waals surface area contributed by atoms with E-state index in [4.69, 9.17) is 4.74 Å². The van der Waals surface area contributed by atoms with E-state index in [0.717, 1.165) is 6.07 Å². The maximum Gasteiger partial charge on any atom is 0.344 e. The Hall–Kier alpha value is -2.52. The lowest BCUT2D eigenvalue weighted by atomic mass is 9.90. The molecule has 0 spiro atoms. The minimum Gasteiger partial charge on any atom is -0.477 e. The number of halogens is 1. The summed E-state index contributed by atoms with van der Waals surface area (Å²) in [5.41, 5.74) is 0.201. The number of hydrogen-bond acceptors (Lipinski definition) is 6. The predicted octanol–water partition coefficient (Wildman–Crippen LogP) is 3.13. The van der Waals surface area contributed by atoms with Crippen molar-refractivity contribution < 1.29 is 19.7 Å². The summed E-state index contributed by atoms with van der Waals surface area (Å²) >= 11 is 3.02. The number of ether oxygens (including phenoxy) is 1. The van der Waals surface area contributed by atoms with Gasteiger partial charge in [-0.15, -0.1) is 0 Å². The second-order valence-electron chi connectivity index (χ2n) is 5.28. The van der Waals surface area contributed by atoms with Crippen LogP contribution in [0.3, 0.4) is 0 Å². The zero-order valence-corrected chi connectivity index (χ0v) is 13.6. The van der Waals surface area contributed by atoms with E-state index in [1.165, 1.54) is 12.1 Å². The molecule has 1 aliphatic heterocycles. The Labute approximate surface area is 144 Å². The number of hydrogen-bond donors (Lipinski definition) is 1. The van der Waals surface area contributed by atoms with Crippen LogP contribution >= 0.6 is 15.9 Å².